The number of hydrazine groups is 1. The van der Waals surface area contributed by atoms with E-state index in [0.29, 0.717) is 13.0 Å². The quantitative estimate of drug-likeness (QED) is 0.458. The van der Waals surface area contributed by atoms with Crippen molar-refractivity contribution in [2.45, 2.75) is 13.3 Å². The number of nitrogens with zero attached hydrogens (tertiary/aromatic N) is 1. The van der Waals surface area contributed by atoms with E-state index in [1.54, 1.807) is 0 Å². The monoisotopic (exact) mass is 208 g/mol. The molecule has 0 saturated carbocycles. The molecule has 1 aromatic rings. The second kappa shape index (κ2) is 5.36. The molecule has 1 amide bonds. The maximum Gasteiger partial charge on any atom is 0.239 e. The topological polar surface area (TPSA) is 55.6 Å². The van der Waals surface area contributed by atoms with Gasteiger partial charge in [-0.15, -0.1) is 0 Å². The zero-order chi connectivity index (χ0) is 11.3. The van der Waals surface area contributed by atoms with E-state index in [1.807, 2.05) is 31.2 Å². The van der Waals surface area contributed by atoms with Gasteiger partial charge in [0.05, 0.1) is 13.0 Å². The highest BCUT2D eigenvalue weighted by atomic mass is 16.5. The van der Waals surface area contributed by atoms with Crippen LogP contribution in [0.1, 0.15) is 12.0 Å². The molecule has 0 saturated heterocycles. The summed E-state index contributed by atoms with van der Waals surface area (Å²) in [5, 5.41) is 1.07. The third-order valence-corrected chi connectivity index (χ3v) is 1.97. The number of aryl methyl sites for hydroxylation is 1. The van der Waals surface area contributed by atoms with Crippen molar-refractivity contribution in [1.29, 1.82) is 0 Å². The second-order valence-electron chi connectivity index (χ2n) is 3.42. The molecular weight excluding hydrogens is 192 g/mol. The Morgan fingerprint density at radius 2 is 2.27 bits per heavy atom. The van der Waals surface area contributed by atoms with Crippen molar-refractivity contribution in [3.05, 3.63) is 29.8 Å². The average molecular weight is 208 g/mol. The summed E-state index contributed by atoms with van der Waals surface area (Å²) in [5.41, 5.74) is 1.13. The molecule has 0 bridgehead atoms. The molecule has 1 aromatic carbocycles. The number of carbonyl (C=O) groups is 1. The number of ether oxygens (including phenoxy) is 1. The number of carbonyl (C=O) groups excluding carboxylic acids is 1. The first kappa shape index (κ1) is 11.5. The SMILES string of the molecule is Cc1cccc(OCCC(=O)N(C)N)c1. The standard InChI is InChI=1S/C11H16N2O2/c1-9-4-3-5-10(8-9)15-7-6-11(14)13(2)12/h3-5,8H,6-7,12H2,1-2H3. The summed E-state index contributed by atoms with van der Waals surface area (Å²) in [6, 6.07) is 7.70. The van der Waals surface area contributed by atoms with E-state index in [2.05, 4.69) is 0 Å². The van der Waals surface area contributed by atoms with Crippen molar-refractivity contribution < 1.29 is 9.53 Å². The van der Waals surface area contributed by atoms with Gasteiger partial charge in [-0.3, -0.25) is 9.80 Å². The lowest BCUT2D eigenvalue weighted by Gasteiger charge is -2.10. The molecule has 15 heavy (non-hydrogen) atoms. The van der Waals surface area contributed by atoms with Crippen molar-refractivity contribution in [2.24, 2.45) is 5.84 Å². The lowest BCUT2D eigenvalue weighted by Crippen LogP contribution is -2.33. The predicted molar refractivity (Wildman–Crippen MR) is 58.2 cm³/mol. The van der Waals surface area contributed by atoms with Gasteiger partial charge in [-0.2, -0.15) is 0 Å². The Labute approximate surface area is 89.6 Å². The average Bonchev–Trinajstić information content (AvgIpc) is 2.17. The molecule has 0 atom stereocenters. The molecule has 0 aliphatic carbocycles. The first-order valence-corrected chi connectivity index (χ1v) is 4.80. The molecule has 0 heterocycles. The molecule has 0 aromatic heterocycles. The van der Waals surface area contributed by atoms with Gasteiger partial charge >= 0.3 is 0 Å². The van der Waals surface area contributed by atoms with E-state index in [1.165, 1.54) is 7.05 Å². The molecule has 82 valence electrons. The van der Waals surface area contributed by atoms with Crippen LogP contribution in [0.4, 0.5) is 0 Å². The number of hydrogen-bond acceptors (Lipinski definition) is 3. The minimum atomic E-state index is -0.136. The van der Waals surface area contributed by atoms with Gasteiger partial charge in [-0.1, -0.05) is 12.1 Å². The molecule has 0 aliphatic rings. The van der Waals surface area contributed by atoms with Crippen molar-refractivity contribution in [2.75, 3.05) is 13.7 Å². The van der Waals surface area contributed by atoms with Crippen LogP contribution in [0.25, 0.3) is 0 Å². The summed E-state index contributed by atoms with van der Waals surface area (Å²) >= 11 is 0. The van der Waals surface area contributed by atoms with E-state index in [0.717, 1.165) is 16.3 Å². The van der Waals surface area contributed by atoms with Crippen LogP contribution < -0.4 is 10.6 Å². The maximum absolute atomic E-state index is 11.1. The molecular formula is C11H16N2O2. The normalized spacial score (nSPS) is 9.80. The van der Waals surface area contributed by atoms with Crippen LogP contribution in [0, 0.1) is 6.92 Å². The number of nitrogens with two attached hydrogens (primary N) is 1. The molecule has 0 radical (unpaired) electrons. The van der Waals surface area contributed by atoms with Gasteiger partial charge in [0.2, 0.25) is 5.91 Å². The highest BCUT2D eigenvalue weighted by Crippen LogP contribution is 2.12. The van der Waals surface area contributed by atoms with Crippen molar-refractivity contribution in [1.82, 2.24) is 5.01 Å². The van der Waals surface area contributed by atoms with Crippen LogP contribution in [-0.4, -0.2) is 24.6 Å². The van der Waals surface area contributed by atoms with Gasteiger partial charge in [0, 0.05) is 7.05 Å². The van der Waals surface area contributed by atoms with Gasteiger partial charge in [0.15, 0.2) is 0 Å². The largest absolute Gasteiger partial charge is 0.493 e. The van der Waals surface area contributed by atoms with E-state index >= 15 is 0 Å². The smallest absolute Gasteiger partial charge is 0.239 e. The fourth-order valence-electron chi connectivity index (χ4n) is 1.14. The molecule has 4 nitrogen and oxygen atoms in total. The number of rotatable bonds is 4. The summed E-state index contributed by atoms with van der Waals surface area (Å²) in [6.07, 6.45) is 0.293. The zero-order valence-corrected chi connectivity index (χ0v) is 9.06. The van der Waals surface area contributed by atoms with Gasteiger partial charge in [-0.05, 0) is 24.6 Å². The minimum absolute atomic E-state index is 0.136. The van der Waals surface area contributed by atoms with Gasteiger partial charge in [-0.25, -0.2) is 5.84 Å². The first-order chi connectivity index (χ1) is 7.09. The Morgan fingerprint density at radius 1 is 1.53 bits per heavy atom. The Hall–Kier alpha value is -1.55. The van der Waals surface area contributed by atoms with Crippen molar-refractivity contribution >= 4 is 5.91 Å². The number of benzene rings is 1. The third kappa shape index (κ3) is 3.99. The molecule has 0 spiro atoms. The lowest BCUT2D eigenvalue weighted by atomic mass is 10.2. The summed E-state index contributed by atoms with van der Waals surface area (Å²) in [6.45, 7) is 2.34. The van der Waals surface area contributed by atoms with Gasteiger partial charge in [0.1, 0.15) is 5.75 Å². The van der Waals surface area contributed by atoms with Crippen LogP contribution in [0.15, 0.2) is 24.3 Å². The summed E-state index contributed by atoms with van der Waals surface area (Å²) in [5.74, 6) is 5.91. The van der Waals surface area contributed by atoms with Crippen molar-refractivity contribution in [3.63, 3.8) is 0 Å². The van der Waals surface area contributed by atoms with Gasteiger partial charge in [0.25, 0.3) is 0 Å². The Bertz CT molecular complexity index is 337. The number of amides is 1. The van der Waals surface area contributed by atoms with Crippen LogP contribution in [0.3, 0.4) is 0 Å². The Kier molecular flexibility index (Phi) is 4.12. The lowest BCUT2D eigenvalue weighted by molar-refractivity contribution is -0.130. The first-order valence-electron chi connectivity index (χ1n) is 4.80. The van der Waals surface area contributed by atoms with Crippen LogP contribution in [0.2, 0.25) is 0 Å². The van der Waals surface area contributed by atoms with E-state index in [9.17, 15) is 4.79 Å². The summed E-state index contributed by atoms with van der Waals surface area (Å²) < 4.78 is 5.40. The van der Waals surface area contributed by atoms with Gasteiger partial charge < -0.3 is 4.74 Å². The van der Waals surface area contributed by atoms with Crippen LogP contribution in [0.5, 0.6) is 5.75 Å². The van der Waals surface area contributed by atoms with E-state index < -0.39 is 0 Å². The highest BCUT2D eigenvalue weighted by molar-refractivity contribution is 5.75. The van der Waals surface area contributed by atoms with Crippen LogP contribution in [-0.2, 0) is 4.79 Å². The third-order valence-electron chi connectivity index (χ3n) is 1.97. The second-order valence-corrected chi connectivity index (χ2v) is 3.42. The fraction of sp³-hybridized carbons (Fsp3) is 0.364. The Morgan fingerprint density at radius 3 is 2.87 bits per heavy atom. The molecule has 1 rings (SSSR count). The summed E-state index contributed by atoms with van der Waals surface area (Å²) in [4.78, 5) is 11.1. The molecule has 0 unspecified atom stereocenters. The zero-order valence-electron chi connectivity index (χ0n) is 9.06. The molecule has 4 heteroatoms. The molecule has 2 N–H and O–H groups in total. The summed E-state index contributed by atoms with van der Waals surface area (Å²) in [7, 11) is 1.52. The Balaban J connectivity index is 2.35. The van der Waals surface area contributed by atoms with E-state index in [4.69, 9.17) is 10.6 Å². The van der Waals surface area contributed by atoms with Crippen LogP contribution >= 0.6 is 0 Å². The molecule has 0 aliphatic heterocycles. The number of hydrogen-bond donors (Lipinski definition) is 1. The predicted octanol–water partition coefficient (Wildman–Crippen LogP) is 1.10. The van der Waals surface area contributed by atoms with E-state index in [-0.39, 0.29) is 5.91 Å². The van der Waals surface area contributed by atoms with Crippen molar-refractivity contribution in [3.8, 4) is 5.75 Å². The highest BCUT2D eigenvalue weighted by Gasteiger charge is 2.04. The molecule has 0 fully saturated rings. The maximum atomic E-state index is 11.1. The fourth-order valence-corrected chi connectivity index (χ4v) is 1.14. The minimum Gasteiger partial charge on any atom is -0.493 e.